The quantitative estimate of drug-likeness (QED) is 0.800. The summed E-state index contributed by atoms with van der Waals surface area (Å²) in [6.45, 7) is 6.42. The summed E-state index contributed by atoms with van der Waals surface area (Å²) in [7, 11) is -3.42. The highest BCUT2D eigenvalue weighted by molar-refractivity contribution is 7.89. The second kappa shape index (κ2) is 6.90. The molecule has 1 aliphatic carbocycles. The van der Waals surface area contributed by atoms with Gasteiger partial charge in [0.1, 0.15) is 5.82 Å². The van der Waals surface area contributed by atoms with Gasteiger partial charge in [0, 0.05) is 43.6 Å². The summed E-state index contributed by atoms with van der Waals surface area (Å²) in [5, 5.41) is 0.892. The topological polar surface area (TPSA) is 66.4 Å². The lowest BCUT2D eigenvalue weighted by molar-refractivity contribution is 0.384. The Hall–Kier alpha value is -1.51. The number of hydrogen-bond donors (Lipinski definition) is 0. The van der Waals surface area contributed by atoms with Crippen LogP contribution in [0, 0.1) is 0 Å². The molecule has 2 aromatic rings. The number of rotatable bonds is 4. The fraction of sp³-hybridized carbons (Fsp3) is 0.556. The van der Waals surface area contributed by atoms with Gasteiger partial charge in [-0.25, -0.2) is 13.4 Å². The molecule has 0 amide bonds. The van der Waals surface area contributed by atoms with Crippen molar-refractivity contribution in [2.75, 3.05) is 31.1 Å². The molecular formula is C18H24N4O2S2. The first kappa shape index (κ1) is 17.9. The van der Waals surface area contributed by atoms with Gasteiger partial charge in [0.05, 0.1) is 4.90 Å². The summed E-state index contributed by atoms with van der Waals surface area (Å²) < 4.78 is 32.0. The molecule has 1 fully saturated rings. The first-order chi connectivity index (χ1) is 12.4. The summed E-state index contributed by atoms with van der Waals surface area (Å²) in [4.78, 5) is 7.16. The van der Waals surface area contributed by atoms with Gasteiger partial charge in [0.25, 0.3) is 0 Å². The van der Waals surface area contributed by atoms with Crippen LogP contribution in [0.2, 0.25) is 0 Å². The number of aryl methyl sites for hydroxylation is 2. The Labute approximate surface area is 159 Å². The third-order valence-electron chi connectivity index (χ3n) is 5.16. The van der Waals surface area contributed by atoms with Crippen molar-refractivity contribution in [2.45, 2.75) is 43.9 Å². The van der Waals surface area contributed by atoms with Crippen LogP contribution in [0.15, 0.2) is 23.1 Å². The molecule has 4 rings (SSSR count). The van der Waals surface area contributed by atoms with Crippen LogP contribution in [0.25, 0.3) is 0 Å². The number of piperazine rings is 1. The molecule has 1 saturated heterocycles. The molecule has 0 bridgehead atoms. The van der Waals surface area contributed by atoms with Crippen LogP contribution in [-0.4, -0.2) is 48.3 Å². The van der Waals surface area contributed by atoms with Crippen molar-refractivity contribution in [3.05, 3.63) is 35.2 Å². The number of benzene rings is 1. The number of anilines is 1. The molecule has 2 aliphatic rings. The van der Waals surface area contributed by atoms with Gasteiger partial charge in [-0.1, -0.05) is 19.9 Å². The molecule has 0 unspecified atom stereocenters. The van der Waals surface area contributed by atoms with E-state index in [1.165, 1.54) is 22.7 Å². The molecule has 8 heteroatoms. The lowest BCUT2D eigenvalue weighted by Crippen LogP contribution is -2.48. The minimum absolute atomic E-state index is 0.307. The van der Waals surface area contributed by atoms with E-state index in [-0.39, 0.29) is 0 Å². The minimum atomic E-state index is -3.42. The van der Waals surface area contributed by atoms with Gasteiger partial charge in [-0.3, -0.25) is 0 Å². The molecule has 0 atom stereocenters. The van der Waals surface area contributed by atoms with E-state index < -0.39 is 10.0 Å². The zero-order chi connectivity index (χ0) is 18.3. The van der Waals surface area contributed by atoms with Crippen LogP contribution >= 0.6 is 11.5 Å². The van der Waals surface area contributed by atoms with Crippen molar-refractivity contribution in [3.63, 3.8) is 0 Å². The van der Waals surface area contributed by atoms with Gasteiger partial charge in [0.15, 0.2) is 0 Å². The van der Waals surface area contributed by atoms with Crippen LogP contribution in [0.5, 0.6) is 0 Å². The summed E-state index contributed by atoms with van der Waals surface area (Å²) in [5.74, 6) is 1.17. The molecule has 0 saturated carbocycles. The Morgan fingerprint density at radius 2 is 1.81 bits per heavy atom. The van der Waals surface area contributed by atoms with Crippen LogP contribution in [0.1, 0.15) is 43.1 Å². The molecule has 26 heavy (non-hydrogen) atoms. The maximum Gasteiger partial charge on any atom is 0.243 e. The van der Waals surface area contributed by atoms with E-state index in [2.05, 4.69) is 28.1 Å². The van der Waals surface area contributed by atoms with E-state index in [0.717, 1.165) is 30.2 Å². The van der Waals surface area contributed by atoms with E-state index in [4.69, 9.17) is 0 Å². The third kappa shape index (κ3) is 3.25. The molecule has 1 aromatic carbocycles. The first-order valence-electron chi connectivity index (χ1n) is 9.15. The predicted octanol–water partition coefficient (Wildman–Crippen LogP) is 2.66. The lowest BCUT2D eigenvalue weighted by Gasteiger charge is -2.33. The normalized spacial score (nSPS) is 18.5. The zero-order valence-electron chi connectivity index (χ0n) is 15.2. The molecular weight excluding hydrogens is 368 g/mol. The Morgan fingerprint density at radius 1 is 1.08 bits per heavy atom. The molecule has 2 heterocycles. The molecule has 140 valence electrons. The van der Waals surface area contributed by atoms with Gasteiger partial charge >= 0.3 is 0 Å². The molecule has 6 nitrogen and oxygen atoms in total. The van der Waals surface area contributed by atoms with Crippen LogP contribution in [-0.2, 0) is 22.9 Å². The number of sulfonamides is 1. The second-order valence-corrected chi connectivity index (χ2v) is 9.93. The Bertz CT molecular complexity index is 900. The zero-order valence-corrected chi connectivity index (χ0v) is 16.8. The van der Waals surface area contributed by atoms with E-state index in [9.17, 15) is 8.42 Å². The molecule has 1 aliphatic heterocycles. The largest absolute Gasteiger partial charge is 0.344 e. The highest BCUT2D eigenvalue weighted by Crippen LogP contribution is 2.28. The van der Waals surface area contributed by atoms with Crippen molar-refractivity contribution in [3.8, 4) is 0 Å². The summed E-state index contributed by atoms with van der Waals surface area (Å²) in [5.41, 5.74) is 2.49. The van der Waals surface area contributed by atoms with E-state index in [0.29, 0.717) is 37.0 Å². The van der Waals surface area contributed by atoms with Gasteiger partial charge in [-0.2, -0.15) is 8.68 Å². The van der Waals surface area contributed by atoms with E-state index in [1.54, 1.807) is 10.4 Å². The van der Waals surface area contributed by atoms with Gasteiger partial charge in [0.2, 0.25) is 15.2 Å². The molecule has 0 spiro atoms. The Balaban J connectivity index is 1.46. The minimum Gasteiger partial charge on any atom is -0.344 e. The summed E-state index contributed by atoms with van der Waals surface area (Å²) >= 11 is 1.40. The van der Waals surface area contributed by atoms with Crippen LogP contribution in [0.4, 0.5) is 5.13 Å². The Kier molecular flexibility index (Phi) is 4.75. The highest BCUT2D eigenvalue weighted by atomic mass is 32.2. The van der Waals surface area contributed by atoms with Crippen molar-refractivity contribution < 1.29 is 8.42 Å². The van der Waals surface area contributed by atoms with Crippen molar-refractivity contribution in [1.29, 1.82) is 0 Å². The average Bonchev–Trinajstić information content (AvgIpc) is 3.30. The second-order valence-electron chi connectivity index (χ2n) is 7.27. The standard InChI is InChI=1S/C18H24N4O2S2/c1-13(2)17-19-18(25-20-17)21-8-10-22(11-9-21)26(23,24)16-7-6-14-4-3-5-15(14)12-16/h6-7,12-13H,3-5,8-11H2,1-2H3. The average molecular weight is 393 g/mol. The monoisotopic (exact) mass is 392 g/mol. The SMILES string of the molecule is CC(C)c1nsc(N2CCN(S(=O)(=O)c3ccc4c(c3)CCC4)CC2)n1. The predicted molar refractivity (Wildman–Crippen MR) is 103 cm³/mol. The smallest absolute Gasteiger partial charge is 0.243 e. The van der Waals surface area contributed by atoms with Gasteiger partial charge in [-0.15, -0.1) is 0 Å². The van der Waals surface area contributed by atoms with Gasteiger partial charge < -0.3 is 4.90 Å². The fourth-order valence-electron chi connectivity index (χ4n) is 3.57. The van der Waals surface area contributed by atoms with E-state index >= 15 is 0 Å². The number of hydrogen-bond acceptors (Lipinski definition) is 6. The van der Waals surface area contributed by atoms with Crippen molar-refractivity contribution in [1.82, 2.24) is 13.7 Å². The summed E-state index contributed by atoms with van der Waals surface area (Å²) in [6.07, 6.45) is 3.17. The lowest BCUT2D eigenvalue weighted by atomic mass is 10.1. The first-order valence-corrected chi connectivity index (χ1v) is 11.4. The van der Waals surface area contributed by atoms with Crippen molar-refractivity contribution in [2.24, 2.45) is 0 Å². The number of aromatic nitrogens is 2. The maximum atomic E-state index is 13.0. The molecule has 0 N–H and O–H groups in total. The maximum absolute atomic E-state index is 13.0. The number of fused-ring (bicyclic) bond motifs is 1. The highest BCUT2D eigenvalue weighted by Gasteiger charge is 2.30. The van der Waals surface area contributed by atoms with Crippen LogP contribution < -0.4 is 4.90 Å². The van der Waals surface area contributed by atoms with Gasteiger partial charge in [-0.05, 0) is 42.5 Å². The van der Waals surface area contributed by atoms with Crippen LogP contribution in [0.3, 0.4) is 0 Å². The fourth-order valence-corrected chi connectivity index (χ4v) is 5.90. The summed E-state index contributed by atoms with van der Waals surface area (Å²) in [6, 6.07) is 5.63. The Morgan fingerprint density at radius 3 is 2.50 bits per heavy atom. The third-order valence-corrected chi connectivity index (χ3v) is 7.85. The number of nitrogens with zero attached hydrogens (tertiary/aromatic N) is 4. The van der Waals surface area contributed by atoms with E-state index in [1.807, 2.05) is 12.1 Å². The van der Waals surface area contributed by atoms with Crippen molar-refractivity contribution >= 4 is 26.7 Å². The molecule has 1 aromatic heterocycles. The molecule has 0 radical (unpaired) electrons.